The molecule has 3 aromatic heterocycles. The standard InChI is InChI=1S/C14H11N3O3S2/c1-22(19,20)14-15-10(11-5-4-8-21-11)9-12(16-14)17-7-3-2-6-13(17)18/h2-9H,1H3. The third-order valence-electron chi connectivity index (χ3n) is 2.87. The number of hydrogen-bond acceptors (Lipinski definition) is 6. The van der Waals surface area contributed by atoms with Gasteiger partial charge in [-0.3, -0.25) is 9.36 Å². The van der Waals surface area contributed by atoms with Crippen molar-refractivity contribution >= 4 is 21.2 Å². The van der Waals surface area contributed by atoms with Crippen LogP contribution in [0, 0.1) is 0 Å². The van der Waals surface area contributed by atoms with Gasteiger partial charge >= 0.3 is 0 Å². The van der Waals surface area contributed by atoms with Crippen molar-refractivity contribution in [2.75, 3.05) is 6.26 Å². The van der Waals surface area contributed by atoms with Crippen molar-refractivity contribution in [3.05, 3.63) is 58.3 Å². The predicted octanol–water partition coefficient (Wildman–Crippen LogP) is 1.76. The molecule has 0 bridgehead atoms. The Morgan fingerprint density at radius 3 is 2.59 bits per heavy atom. The van der Waals surface area contributed by atoms with Gasteiger partial charge in [0.25, 0.3) is 5.56 Å². The summed E-state index contributed by atoms with van der Waals surface area (Å²) in [7, 11) is -3.59. The maximum absolute atomic E-state index is 11.9. The second-order valence-electron chi connectivity index (χ2n) is 4.55. The van der Waals surface area contributed by atoms with Crippen molar-refractivity contribution in [3.8, 4) is 16.4 Å². The SMILES string of the molecule is CS(=O)(=O)c1nc(-c2cccs2)cc(-n2ccccc2=O)n1. The first-order chi connectivity index (χ1) is 10.4. The van der Waals surface area contributed by atoms with Gasteiger partial charge in [0.2, 0.25) is 15.0 Å². The molecule has 0 atom stereocenters. The second kappa shape index (κ2) is 5.47. The van der Waals surface area contributed by atoms with Crippen LogP contribution >= 0.6 is 11.3 Å². The van der Waals surface area contributed by atoms with Crippen molar-refractivity contribution in [1.82, 2.24) is 14.5 Å². The van der Waals surface area contributed by atoms with Crippen LogP contribution in [0.3, 0.4) is 0 Å². The van der Waals surface area contributed by atoms with Crippen LogP contribution in [-0.4, -0.2) is 29.2 Å². The average molecular weight is 333 g/mol. The topological polar surface area (TPSA) is 81.9 Å². The lowest BCUT2D eigenvalue weighted by Gasteiger charge is -2.08. The normalized spacial score (nSPS) is 11.5. The number of sulfone groups is 1. The van der Waals surface area contributed by atoms with E-state index in [4.69, 9.17) is 0 Å². The zero-order valence-electron chi connectivity index (χ0n) is 11.5. The van der Waals surface area contributed by atoms with Gasteiger partial charge in [0.15, 0.2) is 0 Å². The van der Waals surface area contributed by atoms with Crippen molar-refractivity contribution in [1.29, 1.82) is 0 Å². The lowest BCUT2D eigenvalue weighted by Crippen LogP contribution is -2.18. The molecular formula is C14H11N3O3S2. The Kier molecular flexibility index (Phi) is 3.63. The molecule has 0 spiro atoms. The number of hydrogen-bond donors (Lipinski definition) is 0. The molecular weight excluding hydrogens is 322 g/mol. The highest BCUT2D eigenvalue weighted by molar-refractivity contribution is 7.90. The molecule has 0 saturated carbocycles. The Hall–Kier alpha value is -2.32. The van der Waals surface area contributed by atoms with E-state index in [1.54, 1.807) is 18.2 Å². The maximum Gasteiger partial charge on any atom is 0.256 e. The molecule has 0 aromatic carbocycles. The first-order valence-electron chi connectivity index (χ1n) is 6.26. The summed E-state index contributed by atoms with van der Waals surface area (Å²) in [6.07, 6.45) is 2.58. The van der Waals surface area contributed by atoms with Crippen LogP contribution in [0.5, 0.6) is 0 Å². The molecule has 0 aliphatic heterocycles. The summed E-state index contributed by atoms with van der Waals surface area (Å²) < 4.78 is 24.9. The van der Waals surface area contributed by atoms with E-state index in [0.717, 1.165) is 11.1 Å². The molecule has 0 radical (unpaired) electrons. The number of pyridine rings is 1. The molecule has 0 N–H and O–H groups in total. The fraction of sp³-hybridized carbons (Fsp3) is 0.0714. The van der Waals surface area contributed by atoms with Crippen LogP contribution in [0.1, 0.15) is 0 Å². The summed E-state index contributed by atoms with van der Waals surface area (Å²) in [6.45, 7) is 0. The Morgan fingerprint density at radius 1 is 1.14 bits per heavy atom. The van der Waals surface area contributed by atoms with Gasteiger partial charge in [-0.25, -0.2) is 18.4 Å². The van der Waals surface area contributed by atoms with Crippen molar-refractivity contribution in [3.63, 3.8) is 0 Å². The maximum atomic E-state index is 11.9. The molecule has 112 valence electrons. The van der Waals surface area contributed by atoms with Gasteiger partial charge in [0.1, 0.15) is 5.82 Å². The fourth-order valence-electron chi connectivity index (χ4n) is 1.87. The zero-order chi connectivity index (χ0) is 15.7. The van der Waals surface area contributed by atoms with Crippen LogP contribution in [0.25, 0.3) is 16.4 Å². The van der Waals surface area contributed by atoms with Gasteiger partial charge in [-0.15, -0.1) is 11.3 Å². The lowest BCUT2D eigenvalue weighted by atomic mass is 10.3. The number of aromatic nitrogens is 3. The van der Waals surface area contributed by atoms with E-state index in [1.165, 1.54) is 28.2 Å². The quantitative estimate of drug-likeness (QED) is 0.682. The molecule has 3 heterocycles. The van der Waals surface area contributed by atoms with E-state index < -0.39 is 9.84 Å². The summed E-state index contributed by atoms with van der Waals surface area (Å²) in [5.74, 6) is 0.226. The summed E-state index contributed by atoms with van der Waals surface area (Å²) in [4.78, 5) is 20.8. The van der Waals surface area contributed by atoms with E-state index in [1.807, 2.05) is 17.5 Å². The summed E-state index contributed by atoms with van der Waals surface area (Å²) in [5.41, 5.74) is 0.175. The highest BCUT2D eigenvalue weighted by atomic mass is 32.2. The van der Waals surface area contributed by atoms with Gasteiger partial charge in [0.05, 0.1) is 10.6 Å². The Labute approximate surface area is 130 Å². The number of rotatable bonds is 3. The molecule has 0 aliphatic rings. The van der Waals surface area contributed by atoms with Crippen LogP contribution < -0.4 is 5.56 Å². The van der Waals surface area contributed by atoms with Crippen LogP contribution in [0.4, 0.5) is 0 Å². The van der Waals surface area contributed by atoms with E-state index in [2.05, 4.69) is 9.97 Å². The number of nitrogens with zero attached hydrogens (tertiary/aromatic N) is 3. The molecule has 0 unspecified atom stereocenters. The van der Waals surface area contributed by atoms with Gasteiger partial charge in [0, 0.05) is 24.6 Å². The molecule has 0 saturated heterocycles. The minimum absolute atomic E-state index is 0.226. The van der Waals surface area contributed by atoms with E-state index in [-0.39, 0.29) is 16.5 Å². The molecule has 3 aromatic rings. The lowest BCUT2D eigenvalue weighted by molar-refractivity contribution is 0.592. The Morgan fingerprint density at radius 2 is 1.95 bits per heavy atom. The van der Waals surface area contributed by atoms with Gasteiger partial charge in [-0.2, -0.15) is 0 Å². The van der Waals surface area contributed by atoms with E-state index in [9.17, 15) is 13.2 Å². The summed E-state index contributed by atoms with van der Waals surface area (Å²) in [6, 6.07) is 9.94. The van der Waals surface area contributed by atoms with E-state index in [0.29, 0.717) is 5.69 Å². The Bertz CT molecular complexity index is 977. The summed E-state index contributed by atoms with van der Waals surface area (Å²) >= 11 is 1.43. The largest absolute Gasteiger partial charge is 0.269 e. The van der Waals surface area contributed by atoms with Gasteiger partial charge in [-0.1, -0.05) is 12.1 Å². The van der Waals surface area contributed by atoms with Crippen molar-refractivity contribution < 1.29 is 8.42 Å². The molecule has 6 nitrogen and oxygen atoms in total. The van der Waals surface area contributed by atoms with Gasteiger partial charge in [-0.05, 0) is 17.5 Å². The van der Waals surface area contributed by atoms with Crippen molar-refractivity contribution in [2.45, 2.75) is 5.16 Å². The smallest absolute Gasteiger partial charge is 0.256 e. The first kappa shape index (κ1) is 14.6. The second-order valence-corrected chi connectivity index (χ2v) is 7.41. The highest BCUT2D eigenvalue weighted by Gasteiger charge is 2.16. The van der Waals surface area contributed by atoms with Crippen LogP contribution in [0.15, 0.2) is 57.9 Å². The third kappa shape index (κ3) is 2.83. The third-order valence-corrected chi connectivity index (χ3v) is 4.60. The zero-order valence-corrected chi connectivity index (χ0v) is 13.1. The van der Waals surface area contributed by atoms with Crippen LogP contribution in [0.2, 0.25) is 0 Å². The van der Waals surface area contributed by atoms with Crippen LogP contribution in [-0.2, 0) is 9.84 Å². The van der Waals surface area contributed by atoms with E-state index >= 15 is 0 Å². The number of thiophene rings is 1. The minimum Gasteiger partial charge on any atom is -0.269 e. The minimum atomic E-state index is -3.59. The Balaban J connectivity index is 2.29. The van der Waals surface area contributed by atoms with Crippen molar-refractivity contribution in [2.24, 2.45) is 0 Å². The molecule has 0 amide bonds. The summed E-state index contributed by atoms with van der Waals surface area (Å²) in [5, 5.41) is 1.57. The first-order valence-corrected chi connectivity index (χ1v) is 9.03. The molecule has 22 heavy (non-hydrogen) atoms. The molecule has 0 fully saturated rings. The monoisotopic (exact) mass is 333 g/mol. The molecule has 3 rings (SSSR count). The average Bonchev–Trinajstić information content (AvgIpc) is 3.00. The fourth-order valence-corrected chi connectivity index (χ4v) is 3.08. The molecule has 0 aliphatic carbocycles. The predicted molar refractivity (Wildman–Crippen MR) is 84.1 cm³/mol. The molecule has 8 heteroatoms. The highest BCUT2D eigenvalue weighted by Crippen LogP contribution is 2.24. The van der Waals surface area contributed by atoms with Gasteiger partial charge < -0.3 is 0 Å².